The highest BCUT2D eigenvalue weighted by molar-refractivity contribution is 5.77. The molecular weight excluding hydrogens is 278 g/mol. The van der Waals surface area contributed by atoms with Crippen molar-refractivity contribution in [3.63, 3.8) is 0 Å². The lowest BCUT2D eigenvalue weighted by Crippen LogP contribution is -2.60. The Balaban J connectivity index is 1.84. The maximum Gasteiger partial charge on any atom is 0.336 e. The van der Waals surface area contributed by atoms with Crippen LogP contribution in [0.5, 0.6) is 5.75 Å². The molecule has 0 unspecified atom stereocenters. The number of hydrogen-bond donors (Lipinski definition) is 1. The number of ether oxygens (including phenoxy) is 1. The average Bonchev–Trinajstić information content (AvgIpc) is 2.34. The molecular formula is C18H23NO3. The Morgan fingerprint density at radius 3 is 2.41 bits per heavy atom. The molecule has 1 aromatic carbocycles. The number of piperidine rings is 1. The molecule has 118 valence electrons. The molecule has 2 aromatic rings. The zero-order valence-corrected chi connectivity index (χ0v) is 13.6. The van der Waals surface area contributed by atoms with Crippen LogP contribution in [0.15, 0.2) is 39.5 Å². The topological polar surface area (TPSA) is 51.5 Å². The van der Waals surface area contributed by atoms with E-state index in [0.717, 1.165) is 24.0 Å². The van der Waals surface area contributed by atoms with Gasteiger partial charge in [0.15, 0.2) is 0 Å². The Kier molecular flexibility index (Phi) is 3.52. The summed E-state index contributed by atoms with van der Waals surface area (Å²) in [6.45, 7) is 8.79. The standard InChI is InChI=1S/C18H23NO3/c1-17(2)10-14(11-18(3,4)19-17)21-13-7-5-12-6-8-16(20)22-15(12)9-13/h5-9,14,19H,10-11H2,1-4H3. The van der Waals surface area contributed by atoms with Crippen LogP contribution in [0.25, 0.3) is 11.0 Å². The molecule has 0 atom stereocenters. The first-order valence-corrected chi connectivity index (χ1v) is 7.72. The highest BCUT2D eigenvalue weighted by atomic mass is 16.5. The van der Waals surface area contributed by atoms with Crippen LogP contribution in [0.1, 0.15) is 40.5 Å². The van der Waals surface area contributed by atoms with Gasteiger partial charge in [-0.3, -0.25) is 0 Å². The van der Waals surface area contributed by atoms with E-state index < -0.39 is 0 Å². The van der Waals surface area contributed by atoms with E-state index >= 15 is 0 Å². The molecule has 1 aliphatic heterocycles. The van der Waals surface area contributed by atoms with Crippen molar-refractivity contribution in [2.75, 3.05) is 0 Å². The normalized spacial score (nSPS) is 20.9. The molecule has 1 saturated heterocycles. The lowest BCUT2D eigenvalue weighted by molar-refractivity contribution is 0.0559. The third-order valence-electron chi connectivity index (χ3n) is 4.05. The zero-order chi connectivity index (χ0) is 16.0. The average molecular weight is 301 g/mol. The molecule has 0 aliphatic carbocycles. The fraction of sp³-hybridized carbons (Fsp3) is 0.500. The van der Waals surface area contributed by atoms with Gasteiger partial charge in [-0.25, -0.2) is 4.79 Å². The second kappa shape index (κ2) is 5.13. The zero-order valence-electron chi connectivity index (χ0n) is 13.6. The van der Waals surface area contributed by atoms with Crippen LogP contribution >= 0.6 is 0 Å². The molecule has 0 amide bonds. The second-order valence-electron chi connectivity index (χ2n) is 7.49. The van der Waals surface area contributed by atoms with Crippen molar-refractivity contribution in [1.82, 2.24) is 5.32 Å². The van der Waals surface area contributed by atoms with Gasteiger partial charge in [-0.15, -0.1) is 0 Å². The summed E-state index contributed by atoms with van der Waals surface area (Å²) in [6.07, 6.45) is 2.01. The fourth-order valence-corrected chi connectivity index (χ4v) is 3.62. The fourth-order valence-electron chi connectivity index (χ4n) is 3.62. The molecule has 2 heterocycles. The first kappa shape index (κ1) is 15.1. The third kappa shape index (κ3) is 3.33. The lowest BCUT2D eigenvalue weighted by atomic mass is 9.81. The van der Waals surface area contributed by atoms with E-state index in [4.69, 9.17) is 9.15 Å². The number of nitrogens with one attached hydrogen (secondary N) is 1. The first-order chi connectivity index (χ1) is 10.2. The predicted molar refractivity (Wildman–Crippen MR) is 87.4 cm³/mol. The maximum atomic E-state index is 11.3. The Morgan fingerprint density at radius 2 is 1.73 bits per heavy atom. The summed E-state index contributed by atoms with van der Waals surface area (Å²) < 4.78 is 11.4. The Hall–Kier alpha value is -1.81. The summed E-state index contributed by atoms with van der Waals surface area (Å²) in [7, 11) is 0. The minimum atomic E-state index is -0.339. The quantitative estimate of drug-likeness (QED) is 0.863. The minimum absolute atomic E-state index is 0.0375. The summed E-state index contributed by atoms with van der Waals surface area (Å²) >= 11 is 0. The van der Waals surface area contributed by atoms with Gasteiger partial charge in [-0.1, -0.05) is 0 Å². The van der Waals surface area contributed by atoms with Gasteiger partial charge in [-0.2, -0.15) is 0 Å². The van der Waals surface area contributed by atoms with Gasteiger partial charge in [0.05, 0.1) is 0 Å². The molecule has 1 N–H and O–H groups in total. The molecule has 3 rings (SSSR count). The smallest absolute Gasteiger partial charge is 0.336 e. The molecule has 0 spiro atoms. The first-order valence-electron chi connectivity index (χ1n) is 7.72. The van der Waals surface area contributed by atoms with Crippen LogP contribution in [-0.2, 0) is 0 Å². The molecule has 0 bridgehead atoms. The highest BCUT2D eigenvalue weighted by Gasteiger charge is 2.38. The molecule has 1 aliphatic rings. The van der Waals surface area contributed by atoms with Gasteiger partial charge >= 0.3 is 5.63 Å². The van der Waals surface area contributed by atoms with Crippen LogP contribution < -0.4 is 15.7 Å². The largest absolute Gasteiger partial charge is 0.490 e. The van der Waals surface area contributed by atoms with Gasteiger partial charge < -0.3 is 14.5 Å². The van der Waals surface area contributed by atoms with E-state index in [1.807, 2.05) is 12.1 Å². The molecule has 0 saturated carbocycles. The minimum Gasteiger partial charge on any atom is -0.490 e. The monoisotopic (exact) mass is 301 g/mol. The van der Waals surface area contributed by atoms with Crippen molar-refractivity contribution in [1.29, 1.82) is 0 Å². The van der Waals surface area contributed by atoms with Crippen LogP contribution in [0.3, 0.4) is 0 Å². The van der Waals surface area contributed by atoms with Crippen LogP contribution in [0.4, 0.5) is 0 Å². The van der Waals surface area contributed by atoms with Crippen molar-refractivity contribution in [3.05, 3.63) is 40.8 Å². The molecule has 0 radical (unpaired) electrons. The summed E-state index contributed by atoms with van der Waals surface area (Å²) in [4.78, 5) is 11.3. The van der Waals surface area contributed by atoms with E-state index in [2.05, 4.69) is 33.0 Å². The summed E-state index contributed by atoms with van der Waals surface area (Å²) in [5.74, 6) is 0.750. The summed E-state index contributed by atoms with van der Waals surface area (Å²) in [6, 6.07) is 8.86. The van der Waals surface area contributed by atoms with Crippen molar-refractivity contribution in [2.24, 2.45) is 0 Å². The third-order valence-corrected chi connectivity index (χ3v) is 4.05. The SMILES string of the molecule is CC1(C)CC(Oc2ccc3ccc(=O)oc3c2)CC(C)(C)N1. The van der Waals surface area contributed by atoms with Crippen molar-refractivity contribution < 1.29 is 9.15 Å². The Morgan fingerprint density at radius 1 is 1.09 bits per heavy atom. The van der Waals surface area contributed by atoms with Gasteiger partial charge in [0.1, 0.15) is 17.4 Å². The van der Waals surface area contributed by atoms with E-state index in [1.54, 1.807) is 12.1 Å². The molecule has 1 aromatic heterocycles. The van der Waals surface area contributed by atoms with Crippen molar-refractivity contribution in [3.8, 4) is 5.75 Å². The number of hydrogen-bond acceptors (Lipinski definition) is 4. The van der Waals surface area contributed by atoms with Gasteiger partial charge in [0.25, 0.3) is 0 Å². The molecule has 4 heteroatoms. The van der Waals surface area contributed by atoms with E-state index in [9.17, 15) is 4.79 Å². The molecule has 4 nitrogen and oxygen atoms in total. The lowest BCUT2D eigenvalue weighted by Gasteiger charge is -2.46. The highest BCUT2D eigenvalue weighted by Crippen LogP contribution is 2.32. The predicted octanol–water partition coefficient (Wildman–Crippen LogP) is 3.48. The van der Waals surface area contributed by atoms with Gasteiger partial charge in [-0.05, 0) is 45.9 Å². The second-order valence-corrected chi connectivity index (χ2v) is 7.49. The van der Waals surface area contributed by atoms with E-state index in [-0.39, 0.29) is 22.8 Å². The number of rotatable bonds is 2. The van der Waals surface area contributed by atoms with Gasteiger partial charge in [0.2, 0.25) is 0 Å². The maximum absolute atomic E-state index is 11.3. The van der Waals surface area contributed by atoms with E-state index in [1.165, 1.54) is 6.07 Å². The number of benzene rings is 1. The number of fused-ring (bicyclic) bond motifs is 1. The molecule has 22 heavy (non-hydrogen) atoms. The Bertz CT molecular complexity index is 729. The van der Waals surface area contributed by atoms with Gasteiger partial charge in [0, 0.05) is 41.4 Å². The van der Waals surface area contributed by atoms with Crippen molar-refractivity contribution in [2.45, 2.75) is 57.7 Å². The van der Waals surface area contributed by atoms with Crippen LogP contribution in [0.2, 0.25) is 0 Å². The van der Waals surface area contributed by atoms with Crippen molar-refractivity contribution >= 4 is 11.0 Å². The summed E-state index contributed by atoms with van der Waals surface area (Å²) in [5.41, 5.74) is 0.303. The van der Waals surface area contributed by atoms with Crippen LogP contribution in [-0.4, -0.2) is 17.2 Å². The summed E-state index contributed by atoms with van der Waals surface area (Å²) in [5, 5.41) is 4.55. The molecule has 1 fully saturated rings. The van der Waals surface area contributed by atoms with Crippen LogP contribution in [0, 0.1) is 0 Å². The van der Waals surface area contributed by atoms with E-state index in [0.29, 0.717) is 5.58 Å². The Labute approximate surface area is 130 Å².